The van der Waals surface area contributed by atoms with E-state index in [0.717, 1.165) is 12.3 Å². The molecule has 0 nitrogen and oxygen atoms in total. The lowest BCUT2D eigenvalue weighted by Crippen LogP contribution is -2.04. The molecule has 2 aromatic rings. The van der Waals surface area contributed by atoms with E-state index in [2.05, 4.69) is 90.6 Å². The molecule has 0 radical (unpaired) electrons. The van der Waals surface area contributed by atoms with Gasteiger partial charge in [-0.15, -0.1) is 0 Å². The summed E-state index contributed by atoms with van der Waals surface area (Å²) in [5, 5.41) is 0. The molecule has 1 aliphatic heterocycles. The predicted octanol–water partition coefficient (Wildman–Crippen LogP) is 10.1. The zero-order chi connectivity index (χ0) is 22.5. The maximum atomic E-state index is 4.32. The first-order valence-electron chi connectivity index (χ1n) is 11.4. The predicted molar refractivity (Wildman–Crippen MR) is 146 cm³/mol. The van der Waals surface area contributed by atoms with Gasteiger partial charge in [0.05, 0.1) is 4.24 Å². The van der Waals surface area contributed by atoms with Gasteiger partial charge in [0, 0.05) is 14.0 Å². The van der Waals surface area contributed by atoms with Gasteiger partial charge in [-0.25, -0.2) is 0 Å². The van der Waals surface area contributed by atoms with Gasteiger partial charge in [-0.05, 0) is 65.8 Å². The summed E-state index contributed by atoms with van der Waals surface area (Å²) in [7, 11) is 0. The topological polar surface area (TPSA) is 0 Å². The number of benzene rings is 2. The van der Waals surface area contributed by atoms with Gasteiger partial charge in [0.25, 0.3) is 0 Å². The van der Waals surface area contributed by atoms with Crippen molar-refractivity contribution in [3.63, 3.8) is 0 Å². The first-order valence-corrected chi connectivity index (χ1v) is 13.9. The van der Waals surface area contributed by atoms with Crippen LogP contribution in [-0.4, -0.2) is 0 Å². The van der Waals surface area contributed by atoms with Crippen molar-refractivity contribution >= 4 is 40.2 Å². The highest BCUT2D eigenvalue weighted by molar-refractivity contribution is 8.38. The Hall–Kier alpha value is -1.03. The summed E-state index contributed by atoms with van der Waals surface area (Å²) in [6.07, 6.45) is 3.67. The number of thioether (sulfide) groups is 3. The fourth-order valence-electron chi connectivity index (χ4n) is 3.72. The van der Waals surface area contributed by atoms with E-state index in [-0.39, 0.29) is 0 Å². The summed E-state index contributed by atoms with van der Waals surface area (Å²) in [5.41, 5.74) is 5.71. The molecule has 0 aliphatic carbocycles. The van der Waals surface area contributed by atoms with E-state index in [1.54, 1.807) is 0 Å². The second kappa shape index (κ2) is 11.2. The largest absolute Gasteiger partial charge is 0.0812 e. The molecule has 2 aromatic carbocycles. The van der Waals surface area contributed by atoms with Crippen LogP contribution in [0.5, 0.6) is 0 Å². The molecule has 0 spiro atoms. The fraction of sp³-hybridized carbons (Fsp3) is 0.429. The summed E-state index contributed by atoms with van der Waals surface area (Å²) < 4.78 is 2.56. The average molecular weight is 469 g/mol. The number of hydrogen-bond acceptors (Lipinski definition) is 3. The molecule has 1 heterocycles. The van der Waals surface area contributed by atoms with Gasteiger partial charge in [0.1, 0.15) is 0 Å². The van der Waals surface area contributed by atoms with Crippen LogP contribution in [0.1, 0.15) is 75.6 Å². The fourth-order valence-corrected chi connectivity index (χ4v) is 7.58. The second-order valence-corrected chi connectivity index (χ2v) is 13.1. The first kappa shape index (κ1) is 24.6. The van der Waals surface area contributed by atoms with Gasteiger partial charge >= 0.3 is 0 Å². The molecular weight excluding hydrogens is 433 g/mol. The Bertz CT molecular complexity index is 952. The summed E-state index contributed by atoms with van der Waals surface area (Å²) in [5.74, 6) is 1.94. The van der Waals surface area contributed by atoms with Crippen molar-refractivity contribution in [2.24, 2.45) is 11.8 Å². The smallest absolute Gasteiger partial charge is 0.0649 e. The Balaban J connectivity index is 2.03. The minimum Gasteiger partial charge on any atom is -0.0812 e. The van der Waals surface area contributed by atoms with Gasteiger partial charge in [-0.1, -0.05) is 119 Å². The number of aryl methyl sites for hydroxylation is 2. The Kier molecular flexibility index (Phi) is 8.90. The molecule has 1 aliphatic rings. The van der Waals surface area contributed by atoms with E-state index >= 15 is 0 Å². The van der Waals surface area contributed by atoms with Crippen LogP contribution < -0.4 is 0 Å². The van der Waals surface area contributed by atoms with Crippen LogP contribution in [0, 0.1) is 18.8 Å². The van der Waals surface area contributed by atoms with E-state index in [1.165, 1.54) is 53.4 Å². The minimum absolute atomic E-state index is 0.554. The molecule has 1 atom stereocenters. The Labute approximate surface area is 202 Å². The molecule has 3 heteroatoms. The van der Waals surface area contributed by atoms with Gasteiger partial charge in [-0.3, -0.25) is 0 Å². The molecule has 0 fully saturated rings. The zero-order valence-corrected chi connectivity index (χ0v) is 22.3. The number of hydrogen-bond donors (Lipinski definition) is 0. The zero-order valence-electron chi connectivity index (χ0n) is 19.8. The highest BCUT2D eigenvalue weighted by atomic mass is 32.2. The lowest BCUT2D eigenvalue weighted by atomic mass is 9.87. The monoisotopic (exact) mass is 468 g/mol. The van der Waals surface area contributed by atoms with E-state index in [9.17, 15) is 0 Å². The van der Waals surface area contributed by atoms with Gasteiger partial charge in [0.2, 0.25) is 0 Å². The molecule has 166 valence electrons. The Morgan fingerprint density at radius 1 is 0.968 bits per heavy atom. The third kappa shape index (κ3) is 6.49. The highest BCUT2D eigenvalue weighted by Gasteiger charge is 2.25. The van der Waals surface area contributed by atoms with Crippen molar-refractivity contribution in [2.75, 3.05) is 0 Å². The Morgan fingerprint density at radius 2 is 1.71 bits per heavy atom. The van der Waals surface area contributed by atoms with Gasteiger partial charge in [0.15, 0.2) is 0 Å². The van der Waals surface area contributed by atoms with E-state index < -0.39 is 0 Å². The SMILES string of the molecule is C=C1SC(Sc2ccccc2C)=C(c2cc(C(C)C(C)C)ccc2CCCC(C)C)S1. The van der Waals surface area contributed by atoms with E-state index in [1.807, 2.05) is 35.3 Å². The van der Waals surface area contributed by atoms with Crippen molar-refractivity contribution in [1.29, 1.82) is 0 Å². The third-order valence-electron chi connectivity index (χ3n) is 6.04. The summed E-state index contributed by atoms with van der Waals surface area (Å²) in [6, 6.07) is 15.9. The molecule has 0 saturated heterocycles. The van der Waals surface area contributed by atoms with Crippen LogP contribution >= 0.6 is 35.3 Å². The molecule has 0 amide bonds. The van der Waals surface area contributed by atoms with Crippen LogP contribution in [0.2, 0.25) is 0 Å². The lowest BCUT2D eigenvalue weighted by Gasteiger charge is -2.20. The minimum atomic E-state index is 0.554. The van der Waals surface area contributed by atoms with Crippen LogP contribution in [0.25, 0.3) is 4.91 Å². The Morgan fingerprint density at radius 3 is 2.39 bits per heavy atom. The van der Waals surface area contributed by atoms with Crippen molar-refractivity contribution in [3.05, 3.63) is 79.8 Å². The molecule has 0 aromatic heterocycles. The normalized spacial score (nSPS) is 15.4. The third-order valence-corrected chi connectivity index (χ3v) is 9.83. The standard InChI is InChI=1S/C28H36S3/c1-18(2)11-10-13-23-15-16-24(21(6)19(3)4)17-25(23)27-28(30-22(7)29-27)31-26-14-9-8-12-20(26)5/h8-9,12,14-19,21H,7,10-11,13H2,1-6H3. The molecule has 1 unspecified atom stereocenters. The quantitative estimate of drug-likeness (QED) is 0.359. The molecule has 31 heavy (non-hydrogen) atoms. The highest BCUT2D eigenvalue weighted by Crippen LogP contribution is 2.58. The lowest BCUT2D eigenvalue weighted by molar-refractivity contribution is 0.534. The molecule has 0 N–H and O–H groups in total. The van der Waals surface area contributed by atoms with Crippen LogP contribution in [0.4, 0.5) is 0 Å². The first-order chi connectivity index (χ1) is 14.8. The summed E-state index contributed by atoms with van der Waals surface area (Å²) in [6.45, 7) is 18.2. The van der Waals surface area contributed by atoms with Crippen LogP contribution in [0.15, 0.2) is 62.4 Å². The maximum Gasteiger partial charge on any atom is 0.0649 e. The van der Waals surface area contributed by atoms with E-state index in [0.29, 0.717) is 11.8 Å². The van der Waals surface area contributed by atoms with Crippen molar-refractivity contribution in [3.8, 4) is 0 Å². The summed E-state index contributed by atoms with van der Waals surface area (Å²) in [4.78, 5) is 2.74. The molecule has 3 rings (SSSR count). The molecule has 0 saturated carbocycles. The van der Waals surface area contributed by atoms with Gasteiger partial charge in [-0.2, -0.15) is 0 Å². The van der Waals surface area contributed by atoms with E-state index in [4.69, 9.17) is 0 Å². The summed E-state index contributed by atoms with van der Waals surface area (Å²) >= 11 is 5.61. The average Bonchev–Trinajstić information content (AvgIpc) is 3.09. The van der Waals surface area contributed by atoms with Crippen molar-refractivity contribution in [2.45, 2.75) is 71.6 Å². The van der Waals surface area contributed by atoms with Gasteiger partial charge < -0.3 is 0 Å². The molecular formula is C28H36S3. The van der Waals surface area contributed by atoms with Crippen molar-refractivity contribution < 1.29 is 0 Å². The van der Waals surface area contributed by atoms with Crippen LogP contribution in [-0.2, 0) is 6.42 Å². The molecule has 0 bridgehead atoms. The van der Waals surface area contributed by atoms with Crippen LogP contribution in [0.3, 0.4) is 0 Å². The number of rotatable bonds is 9. The van der Waals surface area contributed by atoms with Crippen molar-refractivity contribution in [1.82, 2.24) is 0 Å². The maximum absolute atomic E-state index is 4.32. The second-order valence-electron chi connectivity index (χ2n) is 9.30.